The Morgan fingerprint density at radius 2 is 2.04 bits per heavy atom. The molecule has 0 saturated carbocycles. The predicted molar refractivity (Wildman–Crippen MR) is 98.0 cm³/mol. The van der Waals surface area contributed by atoms with Gasteiger partial charge in [0.2, 0.25) is 5.91 Å². The van der Waals surface area contributed by atoms with Crippen LogP contribution in [0.15, 0.2) is 36.5 Å². The summed E-state index contributed by atoms with van der Waals surface area (Å²) in [6.07, 6.45) is 4.32. The van der Waals surface area contributed by atoms with Gasteiger partial charge in [-0.25, -0.2) is 0 Å². The molecule has 1 aliphatic heterocycles. The van der Waals surface area contributed by atoms with E-state index in [1.54, 1.807) is 12.1 Å². The van der Waals surface area contributed by atoms with Crippen molar-refractivity contribution >= 4 is 5.91 Å². The Morgan fingerprint density at radius 3 is 2.68 bits per heavy atom. The van der Waals surface area contributed by atoms with Gasteiger partial charge in [0.05, 0.1) is 11.7 Å². The summed E-state index contributed by atoms with van der Waals surface area (Å²) in [6.45, 7) is 2.87. The fourth-order valence-electron chi connectivity index (χ4n) is 3.80. The molecule has 3 rings (SSSR count). The quantitative estimate of drug-likeness (QED) is 0.838. The number of nitrogens with zero attached hydrogens (tertiary/aromatic N) is 3. The number of carbonyl (C=O) groups excluding carboxylic acids is 1. The lowest BCUT2D eigenvalue weighted by Crippen LogP contribution is -2.41. The Labute approximate surface area is 149 Å². The molecule has 1 aliphatic rings. The minimum atomic E-state index is -0.385. The minimum Gasteiger partial charge on any atom is -0.366 e. The third kappa shape index (κ3) is 4.08. The van der Waals surface area contributed by atoms with Crippen molar-refractivity contribution in [3.8, 4) is 0 Å². The highest BCUT2D eigenvalue weighted by Gasteiger charge is 2.31. The Hall–Kier alpha value is -2.18. The number of hydrogen-bond donors (Lipinski definition) is 2. The monoisotopic (exact) mass is 341 g/mol. The summed E-state index contributed by atoms with van der Waals surface area (Å²) >= 11 is 0. The second-order valence-electron chi connectivity index (χ2n) is 6.90. The third-order valence-corrected chi connectivity index (χ3v) is 5.14. The summed E-state index contributed by atoms with van der Waals surface area (Å²) in [5, 5.41) is 7.92. The van der Waals surface area contributed by atoms with Crippen LogP contribution >= 0.6 is 0 Å². The highest BCUT2D eigenvalue weighted by Crippen LogP contribution is 2.34. The van der Waals surface area contributed by atoms with Crippen molar-refractivity contribution in [1.29, 1.82) is 0 Å². The fraction of sp³-hybridized carbons (Fsp3) is 0.474. The van der Waals surface area contributed by atoms with E-state index in [0.29, 0.717) is 17.5 Å². The number of piperidine rings is 1. The second kappa shape index (κ2) is 7.80. The van der Waals surface area contributed by atoms with Gasteiger partial charge < -0.3 is 11.1 Å². The van der Waals surface area contributed by atoms with Gasteiger partial charge in [-0.1, -0.05) is 12.1 Å². The lowest BCUT2D eigenvalue weighted by Gasteiger charge is -2.39. The van der Waals surface area contributed by atoms with E-state index in [-0.39, 0.29) is 5.91 Å². The molecule has 6 nitrogen and oxygen atoms in total. The average Bonchev–Trinajstić information content (AvgIpc) is 3.01. The zero-order chi connectivity index (χ0) is 17.8. The van der Waals surface area contributed by atoms with Crippen molar-refractivity contribution in [3.63, 3.8) is 0 Å². The molecule has 6 heteroatoms. The van der Waals surface area contributed by atoms with Crippen LogP contribution in [0.2, 0.25) is 0 Å². The first-order valence-electron chi connectivity index (χ1n) is 8.84. The first kappa shape index (κ1) is 17.6. The Balaban J connectivity index is 1.60. The third-order valence-electron chi connectivity index (χ3n) is 5.14. The molecule has 3 N–H and O–H groups in total. The molecule has 0 unspecified atom stereocenters. The van der Waals surface area contributed by atoms with Crippen molar-refractivity contribution in [2.75, 3.05) is 20.1 Å². The van der Waals surface area contributed by atoms with Gasteiger partial charge in [-0.05, 0) is 56.1 Å². The van der Waals surface area contributed by atoms with Gasteiger partial charge >= 0.3 is 0 Å². The fourth-order valence-corrected chi connectivity index (χ4v) is 3.80. The Morgan fingerprint density at radius 1 is 1.28 bits per heavy atom. The van der Waals surface area contributed by atoms with Crippen LogP contribution in [0.5, 0.6) is 0 Å². The van der Waals surface area contributed by atoms with Crippen molar-refractivity contribution in [3.05, 3.63) is 53.3 Å². The summed E-state index contributed by atoms with van der Waals surface area (Å²) in [7, 11) is 4.22. The summed E-state index contributed by atoms with van der Waals surface area (Å²) in [5.74, 6) is 0.169. The number of hydrogen-bond acceptors (Lipinski definition) is 4. The molecule has 2 atom stereocenters. The van der Waals surface area contributed by atoms with E-state index >= 15 is 0 Å². The number of likely N-dealkylation sites (tertiary alicyclic amines) is 1. The van der Waals surface area contributed by atoms with Gasteiger partial charge in [-0.2, -0.15) is 5.10 Å². The predicted octanol–water partition coefficient (Wildman–Crippen LogP) is 1.69. The van der Waals surface area contributed by atoms with Gasteiger partial charge in [0, 0.05) is 31.9 Å². The average molecular weight is 341 g/mol. The number of nitrogens with one attached hydrogen (secondary N) is 1. The maximum absolute atomic E-state index is 11.1. The number of rotatable bonds is 6. The maximum Gasteiger partial charge on any atom is 0.248 e. The molecule has 0 bridgehead atoms. The first-order valence-corrected chi connectivity index (χ1v) is 8.84. The van der Waals surface area contributed by atoms with Gasteiger partial charge in [-0.3, -0.25) is 14.4 Å². The lowest BCUT2D eigenvalue weighted by atomic mass is 9.87. The van der Waals surface area contributed by atoms with Crippen molar-refractivity contribution in [1.82, 2.24) is 20.0 Å². The highest BCUT2D eigenvalue weighted by molar-refractivity contribution is 5.92. The van der Waals surface area contributed by atoms with Crippen LogP contribution in [-0.2, 0) is 13.6 Å². The van der Waals surface area contributed by atoms with Crippen molar-refractivity contribution < 1.29 is 4.79 Å². The van der Waals surface area contributed by atoms with Crippen LogP contribution in [0.1, 0.15) is 40.5 Å². The van der Waals surface area contributed by atoms with Crippen LogP contribution in [0.25, 0.3) is 0 Å². The van der Waals surface area contributed by atoms with Crippen LogP contribution in [-0.4, -0.2) is 40.7 Å². The van der Waals surface area contributed by atoms with Gasteiger partial charge in [-0.15, -0.1) is 0 Å². The number of aromatic nitrogens is 2. The minimum absolute atomic E-state index is 0.385. The van der Waals surface area contributed by atoms with E-state index in [0.717, 1.165) is 25.2 Å². The molecule has 2 aromatic rings. The maximum atomic E-state index is 11.1. The van der Waals surface area contributed by atoms with E-state index in [1.807, 2.05) is 30.1 Å². The van der Waals surface area contributed by atoms with E-state index in [9.17, 15) is 4.79 Å². The second-order valence-corrected chi connectivity index (χ2v) is 6.90. The topological polar surface area (TPSA) is 76.2 Å². The molecule has 134 valence electrons. The first-order chi connectivity index (χ1) is 12.1. The lowest BCUT2D eigenvalue weighted by molar-refractivity contribution is 0.100. The van der Waals surface area contributed by atoms with Crippen LogP contribution in [0, 0.1) is 5.92 Å². The SMILES string of the molecule is CN1CCC[C@@H](CNCc2ccc(C(N)=O)cc2)[C@@H]1c1ccnn1C. The van der Waals surface area contributed by atoms with Crippen LogP contribution in [0.4, 0.5) is 0 Å². The number of benzene rings is 1. The molecule has 1 aromatic heterocycles. The number of nitrogens with two attached hydrogens (primary N) is 1. The molecule has 0 spiro atoms. The molecule has 0 radical (unpaired) electrons. The van der Waals surface area contributed by atoms with E-state index < -0.39 is 0 Å². The molecule has 1 fully saturated rings. The Kier molecular flexibility index (Phi) is 5.50. The summed E-state index contributed by atoms with van der Waals surface area (Å²) < 4.78 is 1.99. The van der Waals surface area contributed by atoms with Gasteiger partial charge in [0.1, 0.15) is 0 Å². The summed E-state index contributed by atoms with van der Waals surface area (Å²) in [4.78, 5) is 13.6. The Bertz CT molecular complexity index is 709. The number of carbonyl (C=O) groups is 1. The molecule has 0 aliphatic carbocycles. The van der Waals surface area contributed by atoms with Gasteiger partial charge in [0.25, 0.3) is 0 Å². The summed E-state index contributed by atoms with van der Waals surface area (Å²) in [6, 6.07) is 10.0. The zero-order valence-electron chi connectivity index (χ0n) is 15.0. The van der Waals surface area contributed by atoms with Crippen LogP contribution in [0.3, 0.4) is 0 Å². The number of primary amides is 1. The molecule has 1 saturated heterocycles. The molecule has 25 heavy (non-hydrogen) atoms. The van der Waals surface area contributed by atoms with Crippen LogP contribution < -0.4 is 11.1 Å². The molecule has 1 aromatic carbocycles. The normalized spacial score (nSPS) is 21.4. The van der Waals surface area contributed by atoms with E-state index in [1.165, 1.54) is 18.5 Å². The summed E-state index contributed by atoms with van der Waals surface area (Å²) in [5.41, 5.74) is 8.27. The smallest absolute Gasteiger partial charge is 0.248 e. The number of aryl methyl sites for hydroxylation is 1. The van der Waals surface area contributed by atoms with E-state index in [4.69, 9.17) is 5.73 Å². The molecular formula is C19H27N5O. The molecule has 1 amide bonds. The standard InChI is InChI=1S/C19H27N5O/c1-23-11-3-4-16(18(23)17-9-10-22-24(17)2)13-21-12-14-5-7-15(8-6-14)19(20)25/h5-10,16,18,21H,3-4,11-13H2,1-2H3,(H2,20,25)/t16-,18+/m0/s1. The van der Waals surface area contributed by atoms with Gasteiger partial charge in [0.15, 0.2) is 0 Å². The molecular weight excluding hydrogens is 314 g/mol. The highest BCUT2D eigenvalue weighted by atomic mass is 16.1. The molecule has 2 heterocycles. The zero-order valence-corrected chi connectivity index (χ0v) is 15.0. The van der Waals surface area contributed by atoms with Crippen molar-refractivity contribution in [2.45, 2.75) is 25.4 Å². The van der Waals surface area contributed by atoms with E-state index in [2.05, 4.69) is 28.4 Å². The van der Waals surface area contributed by atoms with Crippen molar-refractivity contribution in [2.24, 2.45) is 18.7 Å². The largest absolute Gasteiger partial charge is 0.366 e. The number of amides is 1.